The van der Waals surface area contributed by atoms with Crippen LogP contribution >= 0.6 is 0 Å². The van der Waals surface area contributed by atoms with E-state index in [0.29, 0.717) is 39.2 Å². The van der Waals surface area contributed by atoms with Gasteiger partial charge in [-0.3, -0.25) is 9.59 Å². The maximum absolute atomic E-state index is 13.4. The number of rotatable bonds is 7. The summed E-state index contributed by atoms with van der Waals surface area (Å²) in [6.45, 7) is -0.247. The summed E-state index contributed by atoms with van der Waals surface area (Å²) >= 11 is 0. The summed E-state index contributed by atoms with van der Waals surface area (Å²) in [5.74, 6) is 0.292. The van der Waals surface area contributed by atoms with Gasteiger partial charge in [0.15, 0.2) is 12.4 Å². The fraction of sp³-hybridized carbons (Fsp3) is 0.0323. The molecule has 6 rings (SSSR count). The van der Waals surface area contributed by atoms with E-state index in [2.05, 4.69) is 15.4 Å². The van der Waals surface area contributed by atoms with E-state index in [-0.39, 0.29) is 18.0 Å². The van der Waals surface area contributed by atoms with Crippen LogP contribution in [0.3, 0.4) is 0 Å². The monoisotopic (exact) mass is 532 g/mol. The van der Waals surface area contributed by atoms with Gasteiger partial charge in [0, 0.05) is 11.1 Å². The van der Waals surface area contributed by atoms with Crippen LogP contribution in [0, 0.1) is 5.82 Å². The normalized spacial score (nSPS) is 11.3. The van der Waals surface area contributed by atoms with Crippen LogP contribution in [0.25, 0.3) is 33.5 Å². The summed E-state index contributed by atoms with van der Waals surface area (Å²) in [6.07, 6.45) is 1.53. The van der Waals surface area contributed by atoms with Gasteiger partial charge in [-0.1, -0.05) is 36.4 Å². The van der Waals surface area contributed by atoms with Crippen molar-refractivity contribution >= 4 is 39.7 Å². The molecule has 0 aliphatic heterocycles. The number of nitrogens with zero attached hydrogens (tertiary/aromatic N) is 3. The number of benzene rings is 4. The molecule has 1 amide bonds. The molecule has 0 bridgehead atoms. The third-order valence-corrected chi connectivity index (χ3v) is 6.08. The van der Waals surface area contributed by atoms with Crippen LogP contribution in [-0.4, -0.2) is 28.4 Å². The molecule has 0 aliphatic carbocycles. The quantitative estimate of drug-likeness (QED) is 0.260. The summed E-state index contributed by atoms with van der Waals surface area (Å²) in [5.41, 5.74) is 1.92. The summed E-state index contributed by atoms with van der Waals surface area (Å²) in [5, 5.41) is 8.34. The number of hydrogen-bond acceptors (Lipinski definition) is 6. The highest BCUT2D eigenvalue weighted by Crippen LogP contribution is 2.27. The smallest absolute Gasteiger partial charge is 0.282 e. The number of hydrogen-bond donors (Lipinski definition) is 1. The van der Waals surface area contributed by atoms with E-state index in [1.54, 1.807) is 48.5 Å². The highest BCUT2D eigenvalue weighted by atomic mass is 19.1. The lowest BCUT2D eigenvalue weighted by Gasteiger charge is -2.08. The number of aromatic nitrogens is 2. The molecule has 0 unspecified atom stereocenters. The average Bonchev–Trinajstić information content (AvgIpc) is 3.40. The van der Waals surface area contributed by atoms with Crippen LogP contribution in [0.5, 0.6) is 5.75 Å². The van der Waals surface area contributed by atoms with Gasteiger partial charge in [-0.05, 0) is 72.3 Å². The lowest BCUT2D eigenvalue weighted by molar-refractivity contribution is -0.118. The predicted molar refractivity (Wildman–Crippen MR) is 151 cm³/mol. The average molecular weight is 533 g/mol. The van der Waals surface area contributed by atoms with E-state index in [0.717, 1.165) is 5.39 Å². The molecule has 8 nitrogen and oxygen atoms in total. The predicted octanol–water partition coefficient (Wildman–Crippen LogP) is 5.85. The molecule has 0 saturated heterocycles. The number of anilines is 1. The second-order valence-corrected chi connectivity index (χ2v) is 8.88. The Balaban J connectivity index is 1.23. The number of nitrogens with one attached hydrogen (secondary N) is 1. The number of ether oxygens (including phenoxy) is 1. The van der Waals surface area contributed by atoms with Crippen LogP contribution in [-0.2, 0) is 4.79 Å². The zero-order valence-corrected chi connectivity index (χ0v) is 21.0. The first-order valence-electron chi connectivity index (χ1n) is 12.4. The Hall–Kier alpha value is -5.57. The molecule has 40 heavy (non-hydrogen) atoms. The largest absolute Gasteiger partial charge is 0.484 e. The van der Waals surface area contributed by atoms with Gasteiger partial charge in [0.25, 0.3) is 11.5 Å². The minimum absolute atomic E-state index is 0.247. The molecular formula is C31H21FN4O4. The minimum Gasteiger partial charge on any atom is -0.484 e. The van der Waals surface area contributed by atoms with Gasteiger partial charge in [-0.25, -0.2) is 9.37 Å². The Morgan fingerprint density at radius 3 is 2.60 bits per heavy atom. The number of para-hydroxylation sites is 2. The molecular weight excluding hydrogens is 511 g/mol. The first kappa shape index (κ1) is 24.7. The third-order valence-electron chi connectivity index (χ3n) is 6.08. The van der Waals surface area contributed by atoms with Gasteiger partial charge in [0.1, 0.15) is 17.1 Å². The van der Waals surface area contributed by atoms with Crippen molar-refractivity contribution in [3.05, 3.63) is 125 Å². The number of carbonyl (C=O) groups is 1. The fourth-order valence-electron chi connectivity index (χ4n) is 4.17. The second-order valence-electron chi connectivity index (χ2n) is 8.88. The number of fused-ring (bicyclic) bond motifs is 2. The van der Waals surface area contributed by atoms with E-state index >= 15 is 0 Å². The lowest BCUT2D eigenvalue weighted by atomic mass is 10.2. The standard InChI is InChI=1S/C31H21FN4O4/c32-22-7-5-8-23(17-22)34-29(37)19-39-24-14-12-20(13-15-24)18-33-36-30(28-16-21-6-1-4-11-27(21)40-28)35-26-10-3-2-9-25(26)31(36)38/h1-18H,19H2,(H,34,37). The first-order valence-corrected chi connectivity index (χ1v) is 12.4. The minimum atomic E-state index is -0.442. The first-order chi connectivity index (χ1) is 19.5. The van der Waals surface area contributed by atoms with Gasteiger partial charge in [-0.2, -0.15) is 9.78 Å². The zero-order valence-electron chi connectivity index (χ0n) is 21.0. The molecule has 2 heterocycles. The van der Waals surface area contributed by atoms with Crippen LogP contribution in [0.2, 0.25) is 0 Å². The van der Waals surface area contributed by atoms with Crippen molar-refractivity contribution in [2.75, 3.05) is 11.9 Å². The molecule has 0 fully saturated rings. The van der Waals surface area contributed by atoms with E-state index in [1.165, 1.54) is 29.1 Å². The van der Waals surface area contributed by atoms with Crippen LogP contribution in [0.4, 0.5) is 10.1 Å². The number of amides is 1. The fourth-order valence-corrected chi connectivity index (χ4v) is 4.17. The highest BCUT2D eigenvalue weighted by molar-refractivity contribution is 5.92. The van der Waals surface area contributed by atoms with Crippen molar-refractivity contribution < 1.29 is 18.3 Å². The van der Waals surface area contributed by atoms with E-state index < -0.39 is 11.7 Å². The van der Waals surface area contributed by atoms with Crippen molar-refractivity contribution in [2.24, 2.45) is 5.10 Å². The third kappa shape index (κ3) is 5.21. The summed E-state index contributed by atoms with van der Waals surface area (Å²) < 4.78 is 26.0. The van der Waals surface area contributed by atoms with Crippen LogP contribution < -0.4 is 15.6 Å². The van der Waals surface area contributed by atoms with E-state index in [9.17, 15) is 14.0 Å². The Bertz CT molecular complexity index is 1910. The number of carbonyl (C=O) groups excluding carboxylic acids is 1. The molecule has 0 aliphatic rings. The molecule has 0 radical (unpaired) electrons. The SMILES string of the molecule is O=C(COc1ccc(C=Nn2c(-c3cc4ccccc4o3)nc3ccccc3c2=O)cc1)Nc1cccc(F)c1. The Morgan fingerprint density at radius 2 is 1.77 bits per heavy atom. The second kappa shape index (κ2) is 10.7. The summed E-state index contributed by atoms with van der Waals surface area (Å²) in [6, 6.07) is 28.9. The molecule has 2 aromatic heterocycles. The van der Waals surface area contributed by atoms with Crippen LogP contribution in [0.15, 0.2) is 117 Å². The zero-order chi connectivity index (χ0) is 27.5. The molecule has 1 N–H and O–H groups in total. The van der Waals surface area contributed by atoms with Gasteiger partial charge in [0.2, 0.25) is 5.82 Å². The maximum atomic E-state index is 13.4. The molecule has 0 spiro atoms. The Morgan fingerprint density at radius 1 is 0.975 bits per heavy atom. The van der Waals surface area contributed by atoms with Crippen molar-refractivity contribution in [3.8, 4) is 17.3 Å². The van der Waals surface area contributed by atoms with E-state index in [1.807, 2.05) is 36.4 Å². The molecule has 4 aromatic carbocycles. The lowest BCUT2D eigenvalue weighted by Crippen LogP contribution is -2.20. The van der Waals surface area contributed by atoms with Gasteiger partial charge in [-0.15, -0.1) is 0 Å². The van der Waals surface area contributed by atoms with Crippen molar-refractivity contribution in [1.82, 2.24) is 9.66 Å². The number of halogens is 1. The summed E-state index contributed by atoms with van der Waals surface area (Å²) in [7, 11) is 0. The molecule has 196 valence electrons. The van der Waals surface area contributed by atoms with Crippen molar-refractivity contribution in [1.29, 1.82) is 0 Å². The van der Waals surface area contributed by atoms with Crippen molar-refractivity contribution in [2.45, 2.75) is 0 Å². The molecule has 0 saturated carbocycles. The Labute approximate surface area is 227 Å². The summed E-state index contributed by atoms with van der Waals surface area (Å²) in [4.78, 5) is 30.2. The van der Waals surface area contributed by atoms with Gasteiger partial charge in [0.05, 0.1) is 17.1 Å². The number of furan rings is 1. The maximum Gasteiger partial charge on any atom is 0.282 e. The van der Waals surface area contributed by atoms with E-state index in [4.69, 9.17) is 9.15 Å². The highest BCUT2D eigenvalue weighted by Gasteiger charge is 2.16. The molecule has 9 heteroatoms. The Kier molecular flexibility index (Phi) is 6.60. The van der Waals surface area contributed by atoms with Crippen molar-refractivity contribution in [3.63, 3.8) is 0 Å². The van der Waals surface area contributed by atoms with Crippen LogP contribution in [0.1, 0.15) is 5.56 Å². The molecule has 6 aromatic rings. The van der Waals surface area contributed by atoms with Gasteiger partial charge < -0.3 is 14.5 Å². The molecule has 0 atom stereocenters. The topological polar surface area (TPSA) is 98.7 Å². The van der Waals surface area contributed by atoms with Gasteiger partial charge >= 0.3 is 0 Å².